The number of nitriles is 1. The zero-order valence-corrected chi connectivity index (χ0v) is 11.1. The third-order valence-electron chi connectivity index (χ3n) is 2.21. The molecule has 1 heterocycles. The summed E-state index contributed by atoms with van der Waals surface area (Å²) in [6, 6.07) is 9.54. The van der Waals surface area contributed by atoms with E-state index in [0.29, 0.717) is 18.3 Å². The van der Waals surface area contributed by atoms with Crippen LogP contribution in [0.4, 0.5) is 5.88 Å². The van der Waals surface area contributed by atoms with Gasteiger partial charge >= 0.3 is 0 Å². The number of hydrogen-bond acceptors (Lipinski definition) is 4. The fourth-order valence-corrected chi connectivity index (χ4v) is 1.82. The monoisotopic (exact) mass is 303 g/mol. The van der Waals surface area contributed by atoms with E-state index in [-0.39, 0.29) is 5.69 Å². The lowest BCUT2D eigenvalue weighted by atomic mass is 10.2. The molecule has 4 nitrogen and oxygen atoms in total. The van der Waals surface area contributed by atoms with Gasteiger partial charge in [-0.25, -0.2) is 0 Å². The Labute approximate surface area is 113 Å². The molecular formula is C13H10BrN3O. The summed E-state index contributed by atoms with van der Waals surface area (Å²) in [5.74, 6) is 0.784. The first-order valence-corrected chi connectivity index (χ1v) is 6.05. The highest BCUT2D eigenvalue weighted by Crippen LogP contribution is 2.26. The van der Waals surface area contributed by atoms with Crippen LogP contribution in [0, 0.1) is 11.3 Å². The number of oxazole rings is 1. The third kappa shape index (κ3) is 2.60. The van der Waals surface area contributed by atoms with Gasteiger partial charge in [-0.3, -0.25) is 0 Å². The number of hydrogen-bond donors (Lipinski definition) is 1. The first-order chi connectivity index (χ1) is 8.74. The first-order valence-electron chi connectivity index (χ1n) is 5.26. The molecule has 0 aliphatic rings. The number of aromatic nitrogens is 1. The van der Waals surface area contributed by atoms with Crippen molar-refractivity contribution >= 4 is 21.8 Å². The second-order valence-corrected chi connectivity index (χ2v) is 4.40. The Morgan fingerprint density at radius 3 is 3.06 bits per heavy atom. The van der Waals surface area contributed by atoms with Crippen molar-refractivity contribution in [2.75, 3.05) is 11.9 Å². The molecule has 1 N–H and O–H groups in total. The van der Waals surface area contributed by atoms with Crippen LogP contribution in [0.25, 0.3) is 11.5 Å². The van der Waals surface area contributed by atoms with Crippen molar-refractivity contribution in [2.45, 2.75) is 0 Å². The Kier molecular flexibility index (Phi) is 3.80. The van der Waals surface area contributed by atoms with Gasteiger partial charge in [0.2, 0.25) is 17.5 Å². The van der Waals surface area contributed by atoms with Gasteiger partial charge in [0.1, 0.15) is 6.07 Å². The van der Waals surface area contributed by atoms with Crippen molar-refractivity contribution in [1.82, 2.24) is 4.98 Å². The summed E-state index contributed by atoms with van der Waals surface area (Å²) in [6.07, 6.45) is 1.68. The summed E-state index contributed by atoms with van der Waals surface area (Å²) in [4.78, 5) is 4.15. The Morgan fingerprint density at radius 1 is 1.56 bits per heavy atom. The molecule has 0 radical (unpaired) electrons. The molecule has 0 aliphatic heterocycles. The summed E-state index contributed by atoms with van der Waals surface area (Å²) < 4.78 is 6.46. The van der Waals surface area contributed by atoms with Crippen LogP contribution in [0.15, 0.2) is 45.8 Å². The highest BCUT2D eigenvalue weighted by atomic mass is 79.9. The largest absolute Gasteiger partial charge is 0.419 e. The summed E-state index contributed by atoms with van der Waals surface area (Å²) in [7, 11) is 0. The van der Waals surface area contributed by atoms with Crippen molar-refractivity contribution in [1.29, 1.82) is 5.26 Å². The molecule has 0 saturated carbocycles. The molecule has 2 rings (SSSR count). The fraction of sp³-hybridized carbons (Fsp3) is 0.0769. The van der Waals surface area contributed by atoms with Crippen LogP contribution in [0.1, 0.15) is 5.69 Å². The van der Waals surface area contributed by atoms with Crippen LogP contribution in [0.3, 0.4) is 0 Å². The second-order valence-electron chi connectivity index (χ2n) is 3.49. The van der Waals surface area contributed by atoms with E-state index in [4.69, 9.17) is 9.68 Å². The Balaban J connectivity index is 2.38. The molecule has 90 valence electrons. The summed E-state index contributed by atoms with van der Waals surface area (Å²) in [6.45, 7) is 4.11. The van der Waals surface area contributed by atoms with Gasteiger partial charge in [-0.05, 0) is 18.2 Å². The van der Waals surface area contributed by atoms with Crippen LogP contribution in [-0.4, -0.2) is 11.5 Å². The Bertz CT molecular complexity index is 613. The van der Waals surface area contributed by atoms with Crippen molar-refractivity contribution < 1.29 is 4.42 Å². The van der Waals surface area contributed by atoms with Crippen LogP contribution < -0.4 is 5.32 Å². The maximum Gasteiger partial charge on any atom is 0.232 e. The number of benzene rings is 1. The van der Waals surface area contributed by atoms with Gasteiger partial charge in [-0.1, -0.05) is 28.1 Å². The predicted molar refractivity (Wildman–Crippen MR) is 73.0 cm³/mol. The molecule has 0 unspecified atom stereocenters. The summed E-state index contributed by atoms with van der Waals surface area (Å²) in [5.41, 5.74) is 1.05. The fourth-order valence-electron chi connectivity index (χ4n) is 1.43. The van der Waals surface area contributed by atoms with Gasteiger partial charge in [-0.2, -0.15) is 10.2 Å². The zero-order valence-electron chi connectivity index (χ0n) is 9.48. The van der Waals surface area contributed by atoms with Crippen LogP contribution in [-0.2, 0) is 0 Å². The molecule has 0 atom stereocenters. The van der Waals surface area contributed by atoms with Gasteiger partial charge in [0.25, 0.3) is 0 Å². The van der Waals surface area contributed by atoms with E-state index >= 15 is 0 Å². The smallest absolute Gasteiger partial charge is 0.232 e. The number of nitrogens with one attached hydrogen (secondary N) is 1. The highest BCUT2D eigenvalue weighted by molar-refractivity contribution is 9.10. The van der Waals surface area contributed by atoms with Crippen LogP contribution in [0.2, 0.25) is 0 Å². The standard InChI is InChI=1S/C13H10BrN3O/c1-2-6-16-13-11(8-15)17-12(18-13)9-4-3-5-10(14)7-9/h2-5,7,16H,1,6H2. The van der Waals surface area contributed by atoms with E-state index in [2.05, 4.69) is 32.8 Å². The molecule has 0 bridgehead atoms. The average molecular weight is 304 g/mol. The van der Waals surface area contributed by atoms with Crippen molar-refractivity contribution in [3.8, 4) is 17.5 Å². The molecule has 0 saturated heterocycles. The molecule has 0 spiro atoms. The van der Waals surface area contributed by atoms with Crippen molar-refractivity contribution in [3.05, 3.63) is 47.1 Å². The predicted octanol–water partition coefficient (Wildman–Crippen LogP) is 3.57. The van der Waals surface area contributed by atoms with Gasteiger partial charge < -0.3 is 9.73 Å². The molecule has 18 heavy (non-hydrogen) atoms. The zero-order chi connectivity index (χ0) is 13.0. The molecule has 5 heteroatoms. The molecule has 0 aliphatic carbocycles. The van der Waals surface area contributed by atoms with Crippen LogP contribution >= 0.6 is 15.9 Å². The molecule has 1 aromatic heterocycles. The lowest BCUT2D eigenvalue weighted by Gasteiger charge is -1.97. The number of nitrogens with zero attached hydrogens (tertiary/aromatic N) is 2. The minimum Gasteiger partial charge on any atom is -0.419 e. The van der Waals surface area contributed by atoms with E-state index in [1.165, 1.54) is 0 Å². The van der Waals surface area contributed by atoms with E-state index in [1.807, 2.05) is 30.3 Å². The van der Waals surface area contributed by atoms with E-state index < -0.39 is 0 Å². The maximum absolute atomic E-state index is 8.99. The third-order valence-corrected chi connectivity index (χ3v) is 2.70. The topological polar surface area (TPSA) is 61.9 Å². The lowest BCUT2D eigenvalue weighted by Crippen LogP contribution is -1.97. The lowest BCUT2D eigenvalue weighted by molar-refractivity contribution is 0.587. The van der Waals surface area contributed by atoms with Gasteiger partial charge in [0, 0.05) is 16.6 Å². The van der Waals surface area contributed by atoms with Gasteiger partial charge in [-0.15, -0.1) is 6.58 Å². The van der Waals surface area contributed by atoms with E-state index in [9.17, 15) is 0 Å². The van der Waals surface area contributed by atoms with E-state index in [0.717, 1.165) is 10.0 Å². The van der Waals surface area contributed by atoms with Crippen molar-refractivity contribution in [3.63, 3.8) is 0 Å². The minimum absolute atomic E-state index is 0.242. The number of rotatable bonds is 4. The van der Waals surface area contributed by atoms with Crippen LogP contribution in [0.5, 0.6) is 0 Å². The minimum atomic E-state index is 0.242. The average Bonchev–Trinajstić information content (AvgIpc) is 2.79. The maximum atomic E-state index is 8.99. The number of halogens is 1. The number of anilines is 1. The SMILES string of the molecule is C=CCNc1oc(-c2cccc(Br)c2)nc1C#N. The normalized spacial score (nSPS) is 9.78. The molecule has 0 fully saturated rings. The molecule has 0 amide bonds. The second kappa shape index (κ2) is 5.52. The first kappa shape index (κ1) is 12.4. The van der Waals surface area contributed by atoms with Crippen molar-refractivity contribution in [2.24, 2.45) is 0 Å². The summed E-state index contributed by atoms with van der Waals surface area (Å²) in [5, 5.41) is 11.9. The Hall–Kier alpha value is -2.06. The van der Waals surface area contributed by atoms with Gasteiger partial charge in [0.15, 0.2) is 0 Å². The Morgan fingerprint density at radius 2 is 2.39 bits per heavy atom. The van der Waals surface area contributed by atoms with Gasteiger partial charge in [0.05, 0.1) is 0 Å². The quantitative estimate of drug-likeness (QED) is 0.877. The molecule has 1 aromatic carbocycles. The highest BCUT2D eigenvalue weighted by Gasteiger charge is 2.13. The summed E-state index contributed by atoms with van der Waals surface area (Å²) >= 11 is 3.38. The van der Waals surface area contributed by atoms with E-state index in [1.54, 1.807) is 6.08 Å². The molecule has 2 aromatic rings. The molecular weight excluding hydrogens is 294 g/mol.